The molecule has 0 spiro atoms. The molecule has 0 heterocycles. The molecule has 1 aromatic carbocycles. The molecule has 5 nitrogen and oxygen atoms in total. The summed E-state index contributed by atoms with van der Waals surface area (Å²) < 4.78 is 0. The van der Waals surface area contributed by atoms with Crippen LogP contribution in [0, 0.1) is 5.92 Å². The number of benzene rings is 1. The minimum absolute atomic E-state index is 0.0711. The van der Waals surface area contributed by atoms with Gasteiger partial charge in [-0.1, -0.05) is 56.0 Å². The molecule has 0 bridgehead atoms. The Labute approximate surface area is 142 Å². The van der Waals surface area contributed by atoms with Crippen LogP contribution in [0.4, 0.5) is 0 Å². The summed E-state index contributed by atoms with van der Waals surface area (Å²) >= 11 is 0. The second-order valence-electron chi connectivity index (χ2n) is 6.40. The van der Waals surface area contributed by atoms with E-state index >= 15 is 0 Å². The van der Waals surface area contributed by atoms with E-state index in [4.69, 9.17) is 0 Å². The number of carboxylic acid groups (broad SMARTS) is 1. The van der Waals surface area contributed by atoms with Crippen LogP contribution in [0.5, 0.6) is 0 Å². The fraction of sp³-hybridized carbons (Fsp3) is 0.526. The second kappa shape index (κ2) is 9.21. The van der Waals surface area contributed by atoms with E-state index in [1.54, 1.807) is 24.3 Å². The van der Waals surface area contributed by atoms with Gasteiger partial charge in [-0.3, -0.25) is 14.4 Å². The molecule has 1 aromatic rings. The van der Waals surface area contributed by atoms with Crippen molar-refractivity contribution in [3.05, 3.63) is 35.9 Å². The Morgan fingerprint density at radius 2 is 1.62 bits per heavy atom. The van der Waals surface area contributed by atoms with Gasteiger partial charge in [0.25, 0.3) is 0 Å². The molecule has 0 aliphatic heterocycles. The van der Waals surface area contributed by atoms with Crippen molar-refractivity contribution in [1.29, 1.82) is 0 Å². The summed E-state index contributed by atoms with van der Waals surface area (Å²) in [5.74, 6) is -1.68. The largest absolute Gasteiger partial charge is 0.481 e. The molecule has 2 unspecified atom stereocenters. The number of aliphatic carboxylic acids is 1. The van der Waals surface area contributed by atoms with Gasteiger partial charge >= 0.3 is 5.97 Å². The van der Waals surface area contributed by atoms with Gasteiger partial charge < -0.3 is 10.4 Å². The molecule has 130 valence electrons. The van der Waals surface area contributed by atoms with E-state index in [2.05, 4.69) is 5.32 Å². The van der Waals surface area contributed by atoms with E-state index in [0.29, 0.717) is 18.4 Å². The molecular weight excluding hydrogens is 306 g/mol. The summed E-state index contributed by atoms with van der Waals surface area (Å²) in [6.45, 7) is 0. The van der Waals surface area contributed by atoms with E-state index in [1.165, 1.54) is 0 Å². The zero-order valence-corrected chi connectivity index (χ0v) is 13.9. The smallest absolute Gasteiger partial charge is 0.308 e. The summed E-state index contributed by atoms with van der Waals surface area (Å²) in [5.41, 5.74) is 0.597. The van der Waals surface area contributed by atoms with Crippen molar-refractivity contribution in [3.8, 4) is 0 Å². The molecule has 1 aliphatic rings. The quantitative estimate of drug-likeness (QED) is 0.784. The minimum Gasteiger partial charge on any atom is -0.481 e. The first-order chi connectivity index (χ1) is 11.6. The molecule has 0 saturated heterocycles. The summed E-state index contributed by atoms with van der Waals surface area (Å²) in [6.07, 6.45) is 5.46. The van der Waals surface area contributed by atoms with Crippen molar-refractivity contribution in [1.82, 2.24) is 5.32 Å². The van der Waals surface area contributed by atoms with Gasteiger partial charge in [-0.25, -0.2) is 0 Å². The lowest BCUT2D eigenvalue weighted by atomic mass is 9.86. The van der Waals surface area contributed by atoms with E-state index < -0.39 is 11.9 Å². The molecule has 2 rings (SSSR count). The first-order valence-corrected chi connectivity index (χ1v) is 8.68. The summed E-state index contributed by atoms with van der Waals surface area (Å²) in [7, 11) is 0. The topological polar surface area (TPSA) is 83.5 Å². The Hall–Kier alpha value is -2.17. The monoisotopic (exact) mass is 331 g/mol. The fourth-order valence-corrected chi connectivity index (χ4v) is 3.23. The standard InChI is InChI=1S/C19H25NO4/c21-17(14-8-4-3-5-9-14)12-13-18(22)20-16-11-7-2-1-6-10-15(16)19(23)24/h3-5,8-9,15-16H,1-2,6-7,10-13H2,(H,20,22)(H,23,24). The van der Waals surface area contributed by atoms with Gasteiger partial charge in [-0.15, -0.1) is 0 Å². The first kappa shape index (κ1) is 18.2. The highest BCUT2D eigenvalue weighted by molar-refractivity contribution is 5.97. The molecule has 5 heteroatoms. The third kappa shape index (κ3) is 5.48. The number of Topliss-reactive ketones (excluding diaryl/α,β-unsaturated/α-hetero) is 1. The fourth-order valence-electron chi connectivity index (χ4n) is 3.23. The van der Waals surface area contributed by atoms with Gasteiger partial charge in [0.15, 0.2) is 5.78 Å². The third-order valence-corrected chi connectivity index (χ3v) is 4.60. The molecule has 1 amide bonds. The number of nitrogens with one attached hydrogen (secondary N) is 1. The molecule has 0 aromatic heterocycles. The molecule has 24 heavy (non-hydrogen) atoms. The maximum absolute atomic E-state index is 12.2. The lowest BCUT2D eigenvalue weighted by Crippen LogP contribution is -2.44. The number of carbonyl (C=O) groups excluding carboxylic acids is 2. The van der Waals surface area contributed by atoms with Crippen LogP contribution in [0.15, 0.2) is 30.3 Å². The lowest BCUT2D eigenvalue weighted by molar-refractivity contribution is -0.143. The molecule has 1 saturated carbocycles. The van der Waals surface area contributed by atoms with Gasteiger partial charge in [-0.2, -0.15) is 0 Å². The molecule has 2 atom stereocenters. The van der Waals surface area contributed by atoms with E-state index in [9.17, 15) is 19.5 Å². The van der Waals surface area contributed by atoms with Crippen LogP contribution in [0.3, 0.4) is 0 Å². The number of hydrogen-bond donors (Lipinski definition) is 2. The highest BCUT2D eigenvalue weighted by Gasteiger charge is 2.29. The third-order valence-electron chi connectivity index (χ3n) is 4.60. The molecular formula is C19H25NO4. The maximum Gasteiger partial charge on any atom is 0.308 e. The van der Waals surface area contributed by atoms with Crippen molar-refractivity contribution in [2.24, 2.45) is 5.92 Å². The lowest BCUT2D eigenvalue weighted by Gasteiger charge is -2.27. The van der Waals surface area contributed by atoms with E-state index in [1.807, 2.05) is 6.07 Å². The number of carbonyl (C=O) groups is 3. The first-order valence-electron chi connectivity index (χ1n) is 8.68. The Kier molecular flexibility index (Phi) is 6.97. The average molecular weight is 331 g/mol. The number of ketones is 1. The Morgan fingerprint density at radius 3 is 2.29 bits per heavy atom. The van der Waals surface area contributed by atoms with Crippen LogP contribution in [0.25, 0.3) is 0 Å². The number of hydrogen-bond acceptors (Lipinski definition) is 3. The number of carboxylic acids is 1. The average Bonchev–Trinajstić information content (AvgIpc) is 2.55. The van der Waals surface area contributed by atoms with Crippen LogP contribution in [-0.4, -0.2) is 28.8 Å². The summed E-state index contributed by atoms with van der Waals surface area (Å²) in [4.78, 5) is 35.7. The molecule has 1 fully saturated rings. The van der Waals surface area contributed by atoms with Crippen molar-refractivity contribution in [2.45, 2.75) is 57.4 Å². The molecule has 1 aliphatic carbocycles. The normalized spacial score (nSPS) is 21.3. The summed E-state index contributed by atoms with van der Waals surface area (Å²) in [6, 6.07) is 8.55. The van der Waals surface area contributed by atoms with Crippen molar-refractivity contribution < 1.29 is 19.5 Å². The highest BCUT2D eigenvalue weighted by Crippen LogP contribution is 2.23. The number of rotatable bonds is 6. The van der Waals surface area contributed by atoms with E-state index in [0.717, 1.165) is 25.7 Å². The van der Waals surface area contributed by atoms with Crippen molar-refractivity contribution >= 4 is 17.7 Å². The van der Waals surface area contributed by atoms with Crippen LogP contribution < -0.4 is 5.32 Å². The predicted octanol–water partition coefficient (Wildman–Crippen LogP) is 3.19. The van der Waals surface area contributed by atoms with Gasteiger partial charge in [0.1, 0.15) is 0 Å². The Bertz CT molecular complexity index is 570. The van der Waals surface area contributed by atoms with Crippen molar-refractivity contribution in [3.63, 3.8) is 0 Å². The number of amides is 1. The molecule has 2 N–H and O–H groups in total. The van der Waals surface area contributed by atoms with Crippen LogP contribution in [0.1, 0.15) is 61.7 Å². The zero-order valence-electron chi connectivity index (χ0n) is 13.9. The zero-order chi connectivity index (χ0) is 17.4. The second-order valence-corrected chi connectivity index (χ2v) is 6.40. The van der Waals surface area contributed by atoms with Gasteiger partial charge in [0, 0.05) is 24.4 Å². The van der Waals surface area contributed by atoms with E-state index in [-0.39, 0.29) is 30.6 Å². The van der Waals surface area contributed by atoms with Crippen molar-refractivity contribution in [2.75, 3.05) is 0 Å². The summed E-state index contributed by atoms with van der Waals surface area (Å²) in [5, 5.41) is 12.3. The van der Waals surface area contributed by atoms with Gasteiger partial charge in [0.05, 0.1) is 5.92 Å². The van der Waals surface area contributed by atoms with Gasteiger partial charge in [-0.05, 0) is 12.8 Å². The van der Waals surface area contributed by atoms with Crippen LogP contribution in [0.2, 0.25) is 0 Å². The van der Waals surface area contributed by atoms with Gasteiger partial charge in [0.2, 0.25) is 5.91 Å². The maximum atomic E-state index is 12.2. The van der Waals surface area contributed by atoms with Crippen LogP contribution >= 0.6 is 0 Å². The minimum atomic E-state index is -0.845. The molecule has 0 radical (unpaired) electrons. The Balaban J connectivity index is 1.87. The van der Waals surface area contributed by atoms with Crippen LogP contribution in [-0.2, 0) is 9.59 Å². The highest BCUT2D eigenvalue weighted by atomic mass is 16.4. The SMILES string of the molecule is O=C(CCC(=O)c1ccccc1)NC1CCCCCCC1C(=O)O. The predicted molar refractivity (Wildman–Crippen MR) is 90.8 cm³/mol. The Morgan fingerprint density at radius 1 is 0.958 bits per heavy atom.